The third kappa shape index (κ3) is 2.84. The average Bonchev–Trinajstić information content (AvgIpc) is 2.97. The van der Waals surface area contributed by atoms with Gasteiger partial charge in [0.25, 0.3) is 5.69 Å². The molecule has 0 spiro atoms. The maximum atomic E-state index is 11.4. The maximum absolute atomic E-state index is 11.4. The van der Waals surface area contributed by atoms with Crippen LogP contribution >= 0.6 is 11.3 Å². The molecule has 0 saturated heterocycles. The van der Waals surface area contributed by atoms with Crippen molar-refractivity contribution < 1.29 is 9.72 Å². The van der Waals surface area contributed by atoms with E-state index in [1.165, 1.54) is 17.4 Å². The van der Waals surface area contributed by atoms with Crippen LogP contribution in [-0.4, -0.2) is 15.8 Å². The lowest BCUT2D eigenvalue weighted by Gasteiger charge is -2.18. The van der Waals surface area contributed by atoms with Gasteiger partial charge in [0.15, 0.2) is 0 Å². The van der Waals surface area contributed by atoms with E-state index in [9.17, 15) is 14.9 Å². The fourth-order valence-electron chi connectivity index (χ4n) is 2.22. The van der Waals surface area contributed by atoms with Crippen LogP contribution in [0.3, 0.4) is 0 Å². The van der Waals surface area contributed by atoms with Crippen LogP contribution in [0.2, 0.25) is 0 Å². The molecular weight excluding hydrogens is 292 g/mol. The molecule has 1 aromatic heterocycles. The summed E-state index contributed by atoms with van der Waals surface area (Å²) < 4.78 is 0. The van der Waals surface area contributed by atoms with Crippen LogP contribution in [0.1, 0.15) is 17.0 Å². The molecule has 7 nitrogen and oxygen atoms in total. The minimum Gasteiger partial charge on any atom is -0.373 e. The molecule has 0 unspecified atom stereocenters. The number of hydrogen-bond acceptors (Lipinski definition) is 6. The van der Waals surface area contributed by atoms with Gasteiger partial charge in [-0.1, -0.05) is 0 Å². The molecular formula is C13H12N4O3S. The first-order chi connectivity index (χ1) is 10.1. The average molecular weight is 304 g/mol. The van der Waals surface area contributed by atoms with Gasteiger partial charge in [-0.25, -0.2) is 4.98 Å². The van der Waals surface area contributed by atoms with Crippen LogP contribution in [0.25, 0.3) is 0 Å². The van der Waals surface area contributed by atoms with Crippen LogP contribution in [-0.2, 0) is 17.8 Å². The molecule has 0 fully saturated rings. The molecule has 1 amide bonds. The van der Waals surface area contributed by atoms with Gasteiger partial charge in [-0.05, 0) is 18.1 Å². The molecule has 2 N–H and O–H groups in total. The van der Waals surface area contributed by atoms with E-state index in [0.29, 0.717) is 30.8 Å². The third-order valence-corrected chi connectivity index (χ3v) is 4.01. The predicted molar refractivity (Wildman–Crippen MR) is 79.5 cm³/mol. The van der Waals surface area contributed by atoms with Crippen molar-refractivity contribution in [2.75, 3.05) is 10.6 Å². The highest BCUT2D eigenvalue weighted by molar-refractivity contribution is 7.09. The summed E-state index contributed by atoms with van der Waals surface area (Å²) in [5, 5.41) is 19.6. The Morgan fingerprint density at radius 2 is 2.29 bits per heavy atom. The van der Waals surface area contributed by atoms with Gasteiger partial charge in [-0.15, -0.1) is 11.3 Å². The number of anilines is 2. The number of aromatic nitrogens is 1. The van der Waals surface area contributed by atoms with Crippen LogP contribution in [0.5, 0.6) is 0 Å². The zero-order chi connectivity index (χ0) is 14.8. The van der Waals surface area contributed by atoms with E-state index in [1.54, 1.807) is 12.3 Å². The van der Waals surface area contributed by atoms with E-state index < -0.39 is 4.92 Å². The zero-order valence-electron chi connectivity index (χ0n) is 11.0. The maximum Gasteiger partial charge on any atom is 0.294 e. The number of fused-ring (bicyclic) bond motifs is 1. The molecule has 1 aliphatic rings. The number of benzene rings is 1. The number of nitrogens with zero attached hydrogens (tertiary/aromatic N) is 2. The monoisotopic (exact) mass is 304 g/mol. The lowest BCUT2D eigenvalue weighted by Crippen LogP contribution is -2.19. The second kappa shape index (κ2) is 5.49. The van der Waals surface area contributed by atoms with Gasteiger partial charge in [0.05, 0.1) is 17.2 Å². The summed E-state index contributed by atoms with van der Waals surface area (Å²) in [7, 11) is 0. The summed E-state index contributed by atoms with van der Waals surface area (Å²) in [6, 6.07) is 3.15. The topological polar surface area (TPSA) is 97.2 Å². The molecule has 1 aliphatic heterocycles. The Morgan fingerprint density at radius 1 is 1.43 bits per heavy atom. The summed E-state index contributed by atoms with van der Waals surface area (Å²) in [5.74, 6) is -0.111. The summed E-state index contributed by atoms with van der Waals surface area (Å²) in [5.41, 5.74) is 1.83. The second-order valence-electron chi connectivity index (χ2n) is 4.61. The number of aryl methyl sites for hydroxylation is 1. The minimum absolute atomic E-state index is 0.0486. The van der Waals surface area contributed by atoms with Crippen molar-refractivity contribution in [3.8, 4) is 0 Å². The molecule has 0 atom stereocenters. The van der Waals surface area contributed by atoms with Crippen molar-refractivity contribution >= 4 is 34.3 Å². The van der Waals surface area contributed by atoms with E-state index >= 15 is 0 Å². The highest BCUT2D eigenvalue weighted by Crippen LogP contribution is 2.34. The number of nitro groups is 1. The van der Waals surface area contributed by atoms with E-state index in [1.807, 2.05) is 5.38 Å². The van der Waals surface area contributed by atoms with Crippen LogP contribution in [0, 0.1) is 10.1 Å². The number of carbonyl (C=O) groups is 1. The molecule has 8 heteroatoms. The summed E-state index contributed by atoms with van der Waals surface area (Å²) in [6.07, 6.45) is 2.68. The van der Waals surface area contributed by atoms with E-state index in [0.717, 1.165) is 10.6 Å². The molecule has 0 aliphatic carbocycles. The lowest BCUT2D eigenvalue weighted by molar-refractivity contribution is -0.383. The Hall–Kier alpha value is -2.48. The molecule has 108 valence electrons. The third-order valence-electron chi connectivity index (χ3n) is 3.23. The second-order valence-corrected chi connectivity index (χ2v) is 5.59. The van der Waals surface area contributed by atoms with Crippen molar-refractivity contribution in [3.05, 3.63) is 44.4 Å². The summed E-state index contributed by atoms with van der Waals surface area (Å²) >= 11 is 1.49. The van der Waals surface area contributed by atoms with Crippen molar-refractivity contribution in [2.45, 2.75) is 19.4 Å². The fraction of sp³-hybridized carbons (Fsp3) is 0.231. The number of thiazole rings is 1. The molecule has 2 heterocycles. The van der Waals surface area contributed by atoms with Crippen molar-refractivity contribution in [2.24, 2.45) is 0 Å². The number of hydrogen-bond donors (Lipinski definition) is 2. The lowest BCUT2D eigenvalue weighted by atomic mass is 10.0. The standard InChI is InChI=1S/C13H12N4O3S/c18-12-2-1-8-5-10(15-7-13-14-3-4-21-13)11(17(19)20)6-9(8)16-12/h3-6,15H,1-2,7H2,(H,16,18). The van der Waals surface area contributed by atoms with Gasteiger partial charge < -0.3 is 10.6 Å². The normalized spacial score (nSPS) is 13.4. The molecule has 2 aromatic rings. The van der Waals surface area contributed by atoms with Gasteiger partial charge in [0.1, 0.15) is 10.7 Å². The first-order valence-electron chi connectivity index (χ1n) is 6.37. The highest BCUT2D eigenvalue weighted by atomic mass is 32.1. The van der Waals surface area contributed by atoms with Crippen LogP contribution in [0.15, 0.2) is 23.7 Å². The van der Waals surface area contributed by atoms with Crippen molar-refractivity contribution in [1.29, 1.82) is 0 Å². The predicted octanol–water partition coefficient (Wildman–Crippen LogP) is 2.55. The Bertz CT molecular complexity index is 700. The quantitative estimate of drug-likeness (QED) is 0.668. The van der Waals surface area contributed by atoms with Gasteiger partial charge in [0.2, 0.25) is 5.91 Å². The largest absolute Gasteiger partial charge is 0.373 e. The summed E-state index contributed by atoms with van der Waals surface area (Å²) in [4.78, 5) is 26.2. The number of carbonyl (C=O) groups excluding carboxylic acids is 1. The van der Waals surface area contributed by atoms with E-state index in [-0.39, 0.29) is 11.6 Å². The van der Waals surface area contributed by atoms with Crippen LogP contribution in [0.4, 0.5) is 17.1 Å². The molecule has 3 rings (SSSR count). The smallest absolute Gasteiger partial charge is 0.294 e. The van der Waals surface area contributed by atoms with Crippen molar-refractivity contribution in [3.63, 3.8) is 0 Å². The van der Waals surface area contributed by atoms with E-state index in [2.05, 4.69) is 15.6 Å². The van der Waals surface area contributed by atoms with Gasteiger partial charge in [0, 0.05) is 24.1 Å². The van der Waals surface area contributed by atoms with Crippen molar-refractivity contribution in [1.82, 2.24) is 4.98 Å². The molecule has 0 saturated carbocycles. The van der Waals surface area contributed by atoms with Crippen LogP contribution < -0.4 is 10.6 Å². The molecule has 0 bridgehead atoms. The Balaban J connectivity index is 1.91. The highest BCUT2D eigenvalue weighted by Gasteiger charge is 2.22. The summed E-state index contributed by atoms with van der Waals surface area (Å²) in [6.45, 7) is 0.434. The first-order valence-corrected chi connectivity index (χ1v) is 7.25. The number of amides is 1. The number of nitro benzene ring substituents is 1. The Labute approximate surface area is 124 Å². The Kier molecular flexibility index (Phi) is 3.53. The Morgan fingerprint density at radius 3 is 3.00 bits per heavy atom. The fourth-order valence-corrected chi connectivity index (χ4v) is 2.78. The van der Waals surface area contributed by atoms with E-state index in [4.69, 9.17) is 0 Å². The first kappa shape index (κ1) is 13.5. The number of nitrogens with one attached hydrogen (secondary N) is 2. The molecule has 0 radical (unpaired) electrons. The number of rotatable bonds is 4. The van der Waals surface area contributed by atoms with Gasteiger partial charge in [-0.3, -0.25) is 14.9 Å². The zero-order valence-corrected chi connectivity index (χ0v) is 11.8. The SMILES string of the molecule is O=C1CCc2cc(NCc3nccs3)c([N+](=O)[O-])cc2N1. The van der Waals surface area contributed by atoms with Gasteiger partial charge in [-0.2, -0.15) is 0 Å². The van der Waals surface area contributed by atoms with Gasteiger partial charge >= 0.3 is 0 Å². The molecule has 1 aromatic carbocycles. The molecule has 21 heavy (non-hydrogen) atoms. The minimum atomic E-state index is -0.453.